The summed E-state index contributed by atoms with van der Waals surface area (Å²) in [5.41, 5.74) is 3.28. The van der Waals surface area contributed by atoms with E-state index in [9.17, 15) is 9.18 Å². The quantitative estimate of drug-likeness (QED) is 0.484. The number of hydrogen-bond donors (Lipinski definition) is 2. The maximum atomic E-state index is 13.3. The zero-order valence-electron chi connectivity index (χ0n) is 9.02. The highest BCUT2D eigenvalue weighted by molar-refractivity contribution is 6.31. The van der Waals surface area contributed by atoms with Crippen molar-refractivity contribution in [1.82, 2.24) is 5.43 Å². The maximum Gasteiger partial charge on any atom is 0.233 e. The van der Waals surface area contributed by atoms with Gasteiger partial charge in [0, 0.05) is 11.4 Å². The van der Waals surface area contributed by atoms with E-state index >= 15 is 0 Å². The van der Waals surface area contributed by atoms with E-state index in [2.05, 4.69) is 0 Å². The number of rotatable bonds is 4. The average molecular weight is 245 g/mol. The van der Waals surface area contributed by atoms with Crippen LogP contribution < -0.4 is 11.3 Å². The number of carbonyl (C=O) groups is 1. The van der Waals surface area contributed by atoms with Gasteiger partial charge in [-0.15, -0.1) is 0 Å². The Labute approximate surface area is 98.7 Å². The van der Waals surface area contributed by atoms with E-state index < -0.39 is 0 Å². The van der Waals surface area contributed by atoms with Gasteiger partial charge in [-0.2, -0.15) is 0 Å². The van der Waals surface area contributed by atoms with Crippen molar-refractivity contribution in [3.63, 3.8) is 0 Å². The van der Waals surface area contributed by atoms with Crippen LogP contribution in [0.15, 0.2) is 12.1 Å². The van der Waals surface area contributed by atoms with Gasteiger partial charge in [0.15, 0.2) is 0 Å². The summed E-state index contributed by atoms with van der Waals surface area (Å²) in [5.74, 6) is 4.43. The fourth-order valence-corrected chi connectivity index (χ4v) is 1.70. The molecule has 0 spiro atoms. The van der Waals surface area contributed by atoms with E-state index in [0.717, 1.165) is 5.56 Å². The van der Waals surface area contributed by atoms with Crippen LogP contribution in [0.5, 0.6) is 0 Å². The fraction of sp³-hybridized carbons (Fsp3) is 0.364. The summed E-state index contributed by atoms with van der Waals surface area (Å²) in [6.07, 6.45) is 1.46. The zero-order chi connectivity index (χ0) is 12.1. The van der Waals surface area contributed by atoms with Gasteiger partial charge < -0.3 is 0 Å². The molecule has 88 valence electrons. The van der Waals surface area contributed by atoms with Crippen molar-refractivity contribution in [1.29, 1.82) is 0 Å². The van der Waals surface area contributed by atoms with Crippen LogP contribution >= 0.6 is 11.6 Å². The topological polar surface area (TPSA) is 55.1 Å². The van der Waals surface area contributed by atoms with Crippen LogP contribution in [0, 0.1) is 12.7 Å². The molecule has 1 rings (SSSR count). The lowest BCUT2D eigenvalue weighted by Gasteiger charge is -2.06. The highest BCUT2D eigenvalue weighted by Gasteiger charge is 2.06. The number of halogens is 2. The molecule has 0 unspecified atom stereocenters. The highest BCUT2D eigenvalue weighted by atomic mass is 35.5. The number of nitrogens with two attached hydrogens (primary N) is 1. The third kappa shape index (κ3) is 3.47. The van der Waals surface area contributed by atoms with Crippen molar-refractivity contribution < 1.29 is 9.18 Å². The van der Waals surface area contributed by atoms with Gasteiger partial charge in [-0.05, 0) is 43.0 Å². The largest absolute Gasteiger partial charge is 0.294 e. The molecule has 3 nitrogen and oxygen atoms in total. The van der Waals surface area contributed by atoms with Crippen LogP contribution in [0.4, 0.5) is 4.39 Å². The standard InChI is InChI=1S/C11H14ClFN2O/c1-7-5-9(12)8(6-10(7)13)3-2-4-11(16)15-14/h5-6H,2-4,14H2,1H3,(H,15,16). The lowest BCUT2D eigenvalue weighted by Crippen LogP contribution is -2.29. The van der Waals surface area contributed by atoms with Gasteiger partial charge >= 0.3 is 0 Å². The number of carbonyl (C=O) groups excluding carboxylic acids is 1. The highest BCUT2D eigenvalue weighted by Crippen LogP contribution is 2.22. The molecule has 0 heterocycles. The predicted octanol–water partition coefficient (Wildman–Crippen LogP) is 2.10. The van der Waals surface area contributed by atoms with Gasteiger partial charge in [0.1, 0.15) is 5.82 Å². The lowest BCUT2D eigenvalue weighted by molar-refractivity contribution is -0.121. The molecule has 16 heavy (non-hydrogen) atoms. The van der Waals surface area contributed by atoms with Crippen molar-refractivity contribution in [2.45, 2.75) is 26.2 Å². The molecule has 0 radical (unpaired) electrons. The molecule has 5 heteroatoms. The van der Waals surface area contributed by atoms with E-state index in [1.807, 2.05) is 5.43 Å². The number of hydrogen-bond acceptors (Lipinski definition) is 2. The SMILES string of the molecule is Cc1cc(Cl)c(CCCC(=O)NN)cc1F. The summed E-state index contributed by atoms with van der Waals surface area (Å²) in [6.45, 7) is 1.66. The molecule has 1 aromatic carbocycles. The van der Waals surface area contributed by atoms with Crippen LogP contribution in [0.3, 0.4) is 0 Å². The Kier molecular flexibility index (Phi) is 4.71. The number of amides is 1. The van der Waals surface area contributed by atoms with E-state index in [4.69, 9.17) is 17.4 Å². The first-order valence-electron chi connectivity index (χ1n) is 4.98. The number of aryl methyl sites for hydroxylation is 2. The minimum Gasteiger partial charge on any atom is -0.294 e. The first-order chi connectivity index (χ1) is 7.54. The molecule has 0 atom stereocenters. The Balaban J connectivity index is 2.60. The monoisotopic (exact) mass is 244 g/mol. The van der Waals surface area contributed by atoms with E-state index in [0.29, 0.717) is 29.8 Å². The van der Waals surface area contributed by atoms with Crippen molar-refractivity contribution >= 4 is 17.5 Å². The Hall–Kier alpha value is -1.13. The Morgan fingerprint density at radius 1 is 1.56 bits per heavy atom. The van der Waals surface area contributed by atoms with Gasteiger partial charge in [0.25, 0.3) is 0 Å². The second-order valence-electron chi connectivity index (χ2n) is 3.61. The third-order valence-corrected chi connectivity index (χ3v) is 2.69. The third-order valence-electron chi connectivity index (χ3n) is 2.34. The fourth-order valence-electron chi connectivity index (χ4n) is 1.39. The second kappa shape index (κ2) is 5.82. The normalized spacial score (nSPS) is 10.2. The van der Waals surface area contributed by atoms with E-state index in [1.165, 1.54) is 6.07 Å². The lowest BCUT2D eigenvalue weighted by atomic mass is 10.1. The molecular weight excluding hydrogens is 231 g/mol. The smallest absolute Gasteiger partial charge is 0.233 e. The van der Waals surface area contributed by atoms with Crippen LogP contribution in [0.2, 0.25) is 5.02 Å². The summed E-state index contributed by atoms with van der Waals surface area (Å²) < 4.78 is 13.3. The number of hydrazine groups is 1. The maximum absolute atomic E-state index is 13.3. The van der Waals surface area contributed by atoms with Crippen molar-refractivity contribution in [3.8, 4) is 0 Å². The van der Waals surface area contributed by atoms with Crippen LogP contribution in [0.25, 0.3) is 0 Å². The molecule has 0 saturated carbocycles. The summed E-state index contributed by atoms with van der Waals surface area (Å²) in [5, 5.41) is 0.534. The molecule has 0 bridgehead atoms. The Bertz CT molecular complexity index is 396. The first kappa shape index (κ1) is 12.9. The van der Waals surface area contributed by atoms with Gasteiger partial charge in [-0.25, -0.2) is 10.2 Å². The summed E-state index contributed by atoms with van der Waals surface area (Å²) in [6, 6.07) is 3.01. The number of nitrogens with one attached hydrogen (secondary N) is 1. The Morgan fingerprint density at radius 3 is 2.88 bits per heavy atom. The van der Waals surface area contributed by atoms with E-state index in [1.54, 1.807) is 13.0 Å². The molecule has 0 aliphatic rings. The minimum atomic E-state index is -0.275. The molecule has 1 amide bonds. The predicted molar refractivity (Wildman–Crippen MR) is 61.4 cm³/mol. The van der Waals surface area contributed by atoms with Crippen LogP contribution in [0.1, 0.15) is 24.0 Å². The Morgan fingerprint density at radius 2 is 2.25 bits per heavy atom. The van der Waals surface area contributed by atoms with E-state index in [-0.39, 0.29) is 11.7 Å². The zero-order valence-corrected chi connectivity index (χ0v) is 9.77. The van der Waals surface area contributed by atoms with Gasteiger partial charge in [-0.3, -0.25) is 10.2 Å². The molecule has 1 aromatic rings. The van der Waals surface area contributed by atoms with Gasteiger partial charge in [0.05, 0.1) is 0 Å². The number of benzene rings is 1. The molecule has 0 saturated heterocycles. The first-order valence-corrected chi connectivity index (χ1v) is 5.36. The molecule has 0 aliphatic carbocycles. The molecule has 0 fully saturated rings. The summed E-state index contributed by atoms with van der Waals surface area (Å²) >= 11 is 5.96. The minimum absolute atomic E-state index is 0.233. The van der Waals surface area contributed by atoms with Crippen molar-refractivity contribution in [2.75, 3.05) is 0 Å². The second-order valence-corrected chi connectivity index (χ2v) is 4.02. The van der Waals surface area contributed by atoms with Crippen molar-refractivity contribution in [3.05, 3.63) is 34.1 Å². The molecular formula is C11H14ClFN2O. The van der Waals surface area contributed by atoms with Gasteiger partial charge in [0.2, 0.25) is 5.91 Å². The average Bonchev–Trinajstić information content (AvgIpc) is 2.25. The van der Waals surface area contributed by atoms with Crippen LogP contribution in [-0.4, -0.2) is 5.91 Å². The summed E-state index contributed by atoms with van der Waals surface area (Å²) in [7, 11) is 0. The molecule has 3 N–H and O–H groups in total. The summed E-state index contributed by atoms with van der Waals surface area (Å²) in [4.78, 5) is 10.9. The molecule has 0 aliphatic heterocycles. The molecule has 0 aromatic heterocycles. The van der Waals surface area contributed by atoms with Crippen molar-refractivity contribution in [2.24, 2.45) is 5.84 Å². The van der Waals surface area contributed by atoms with Gasteiger partial charge in [-0.1, -0.05) is 11.6 Å². The van der Waals surface area contributed by atoms with Crippen LogP contribution in [-0.2, 0) is 11.2 Å².